The maximum absolute atomic E-state index is 3.59. The van der Waals surface area contributed by atoms with Gasteiger partial charge in [0.25, 0.3) is 0 Å². The number of nitrogens with one attached hydrogen (secondary N) is 2. The molecule has 0 saturated heterocycles. The van der Waals surface area contributed by atoms with Crippen LogP contribution in [0.5, 0.6) is 0 Å². The molecule has 2 rings (SSSR count). The van der Waals surface area contributed by atoms with Crippen LogP contribution in [0.15, 0.2) is 44.0 Å². The molecule has 6 heteroatoms. The molecule has 2 aromatic heterocycles. The average Bonchev–Trinajstić information content (AvgIpc) is 2.76. The van der Waals surface area contributed by atoms with Crippen molar-refractivity contribution in [1.29, 1.82) is 0 Å². The molecular formula is C9H14Cl2N4. The van der Waals surface area contributed by atoms with Gasteiger partial charge >= 0.3 is 0 Å². The lowest BCUT2D eigenvalue weighted by molar-refractivity contribution is -0.670. The van der Waals surface area contributed by atoms with E-state index >= 15 is 0 Å². The molecule has 84 valence electrons. The van der Waals surface area contributed by atoms with Crippen LogP contribution in [0.1, 0.15) is 0 Å². The van der Waals surface area contributed by atoms with Crippen LogP contribution in [-0.4, -0.2) is 9.55 Å². The fraction of sp³-hybridized carbons (Fsp3) is 0.111. The van der Waals surface area contributed by atoms with E-state index in [1.54, 1.807) is 12.5 Å². The monoisotopic (exact) mass is 248 g/mol. The first-order chi connectivity index (χ1) is 6.33. The molecule has 15 heavy (non-hydrogen) atoms. The molecule has 0 atom stereocenters. The first-order valence-electron chi connectivity index (χ1n) is 3.97. The van der Waals surface area contributed by atoms with Crippen molar-refractivity contribution in [3.05, 3.63) is 44.0 Å². The van der Waals surface area contributed by atoms with Crippen molar-refractivity contribution in [2.75, 3.05) is 0 Å². The second kappa shape index (κ2) is 9.30. The van der Waals surface area contributed by atoms with Crippen molar-refractivity contribution in [3.8, 4) is 0 Å². The summed E-state index contributed by atoms with van der Waals surface area (Å²) in [6.45, 7) is 3.59. The molecule has 0 fully saturated rings. The number of imidazole rings is 2. The number of nitrogens with zero attached hydrogens (tertiary/aromatic N) is 2. The summed E-state index contributed by atoms with van der Waals surface area (Å²) in [4.78, 5) is 5.61. The minimum absolute atomic E-state index is 0. The highest BCUT2D eigenvalue weighted by atomic mass is 35.5. The average molecular weight is 249 g/mol. The van der Waals surface area contributed by atoms with E-state index in [0.29, 0.717) is 0 Å². The van der Waals surface area contributed by atoms with Gasteiger partial charge in [0.15, 0.2) is 0 Å². The molecule has 0 radical (unpaired) electrons. The highest BCUT2D eigenvalue weighted by Crippen LogP contribution is 1.79. The Morgan fingerprint density at radius 1 is 1.47 bits per heavy atom. The quantitative estimate of drug-likeness (QED) is 0.489. The molecule has 2 heterocycles. The molecule has 0 aliphatic rings. The van der Waals surface area contributed by atoms with E-state index in [4.69, 9.17) is 0 Å². The molecule has 0 spiro atoms. The van der Waals surface area contributed by atoms with Crippen LogP contribution in [0.4, 0.5) is 0 Å². The van der Waals surface area contributed by atoms with Gasteiger partial charge in [-0.1, -0.05) is 6.58 Å². The lowest BCUT2D eigenvalue weighted by Crippen LogP contribution is -3.00. The Morgan fingerprint density at radius 3 is 2.40 bits per heavy atom. The molecular weight excluding hydrogens is 235 g/mol. The lowest BCUT2D eigenvalue weighted by Gasteiger charge is -1.74. The number of aromatic amines is 2. The largest absolute Gasteiger partial charge is 1.00 e. The zero-order valence-corrected chi connectivity index (χ0v) is 9.91. The topological polar surface area (TPSA) is 38.7 Å². The van der Waals surface area contributed by atoms with Gasteiger partial charge in [-0.15, -0.1) is 0 Å². The van der Waals surface area contributed by atoms with Crippen molar-refractivity contribution in [2.24, 2.45) is 7.05 Å². The zero-order chi connectivity index (χ0) is 9.52. The van der Waals surface area contributed by atoms with Gasteiger partial charge < -0.3 is 24.8 Å². The van der Waals surface area contributed by atoms with Gasteiger partial charge in [0, 0.05) is 0 Å². The van der Waals surface area contributed by atoms with Crippen molar-refractivity contribution < 1.29 is 34.4 Å². The van der Waals surface area contributed by atoms with Gasteiger partial charge in [0.2, 0.25) is 12.7 Å². The molecule has 2 aromatic rings. The van der Waals surface area contributed by atoms with Crippen LogP contribution in [0.2, 0.25) is 0 Å². The van der Waals surface area contributed by atoms with Crippen LogP contribution in [0.3, 0.4) is 0 Å². The second-order valence-electron chi connectivity index (χ2n) is 2.52. The summed E-state index contributed by atoms with van der Waals surface area (Å²) in [5, 5.41) is 0. The van der Waals surface area contributed by atoms with Gasteiger partial charge in [-0.3, -0.25) is 9.97 Å². The summed E-state index contributed by atoms with van der Waals surface area (Å²) in [5.74, 6) is 0. The standard InChI is InChI=1S/C6H9N2.C3H4N2.2ClH/c1-3-8-5-4-7(2)6-8;1-2-5-3-4-1;;/h3-6H,1H2,2H3;1-3H,(H,4,5);2*1H/q+1;;;/p-1. The van der Waals surface area contributed by atoms with E-state index in [2.05, 4.69) is 16.5 Å². The zero-order valence-electron chi connectivity index (χ0n) is 8.40. The lowest BCUT2D eigenvalue weighted by atomic mass is 10.8. The third kappa shape index (κ3) is 6.76. The van der Waals surface area contributed by atoms with Crippen molar-refractivity contribution in [3.63, 3.8) is 0 Å². The molecule has 0 aliphatic heterocycles. The first kappa shape index (κ1) is 16.2. The highest BCUT2D eigenvalue weighted by molar-refractivity contribution is 5.12. The summed E-state index contributed by atoms with van der Waals surface area (Å²) < 4.78 is 3.85. The molecule has 0 aromatic carbocycles. The van der Waals surface area contributed by atoms with Crippen molar-refractivity contribution in [1.82, 2.24) is 9.55 Å². The Hall–Kier alpha value is -1.26. The maximum Gasteiger partial charge on any atom is 0.248 e. The number of halogens is 2. The summed E-state index contributed by atoms with van der Waals surface area (Å²) in [6.07, 6.45) is 13.0. The van der Waals surface area contributed by atoms with E-state index in [0.717, 1.165) is 0 Å². The Bertz CT molecular complexity index is 325. The Kier molecular flexibility index (Phi) is 10.0. The molecule has 2 N–H and O–H groups in total. The minimum Gasteiger partial charge on any atom is -1.00 e. The Labute approximate surface area is 101 Å². The summed E-state index contributed by atoms with van der Waals surface area (Å²) in [6, 6.07) is 0. The Balaban J connectivity index is 0. The third-order valence-electron chi connectivity index (χ3n) is 1.44. The molecule has 0 unspecified atom stereocenters. The molecule has 4 nitrogen and oxygen atoms in total. The predicted octanol–water partition coefficient (Wildman–Crippen LogP) is -5.75. The molecule has 0 amide bonds. The van der Waals surface area contributed by atoms with E-state index in [-0.39, 0.29) is 24.8 Å². The predicted molar refractivity (Wildman–Crippen MR) is 49.3 cm³/mol. The smallest absolute Gasteiger partial charge is 0.248 e. The van der Waals surface area contributed by atoms with E-state index in [1.165, 1.54) is 0 Å². The Morgan fingerprint density at radius 2 is 2.20 bits per heavy atom. The van der Waals surface area contributed by atoms with Crippen LogP contribution < -0.4 is 34.4 Å². The minimum atomic E-state index is 0. The van der Waals surface area contributed by atoms with Gasteiger partial charge in [-0.2, -0.15) is 0 Å². The van der Waals surface area contributed by atoms with Crippen molar-refractivity contribution in [2.45, 2.75) is 0 Å². The fourth-order valence-corrected chi connectivity index (χ4v) is 0.818. The van der Waals surface area contributed by atoms with Crippen LogP contribution in [0, 0.1) is 0 Å². The van der Waals surface area contributed by atoms with Gasteiger partial charge in [0.1, 0.15) is 24.8 Å². The fourth-order valence-electron chi connectivity index (χ4n) is 0.818. The number of H-pyrrole nitrogens is 2. The van der Waals surface area contributed by atoms with Crippen LogP contribution in [0.25, 0.3) is 6.20 Å². The highest BCUT2D eigenvalue weighted by Gasteiger charge is 1.90. The summed E-state index contributed by atoms with van der Waals surface area (Å²) in [7, 11) is 1.97. The number of aryl methyl sites for hydroxylation is 1. The SMILES string of the molecule is C=Cn1cc[n+](C)c1.[Cl-].[Cl-].c1c[nH+]c[nH]1. The van der Waals surface area contributed by atoms with Crippen LogP contribution >= 0.6 is 0 Å². The van der Waals surface area contributed by atoms with Gasteiger partial charge in [0.05, 0.1) is 13.2 Å². The van der Waals surface area contributed by atoms with Crippen molar-refractivity contribution >= 4 is 6.20 Å². The van der Waals surface area contributed by atoms with E-state index in [9.17, 15) is 0 Å². The molecule has 0 saturated carbocycles. The number of hydrogen-bond acceptors (Lipinski definition) is 0. The number of hydrogen-bond donors (Lipinski definition) is 1. The molecule has 0 aliphatic carbocycles. The number of rotatable bonds is 1. The van der Waals surface area contributed by atoms with E-state index < -0.39 is 0 Å². The third-order valence-corrected chi connectivity index (χ3v) is 1.44. The summed E-state index contributed by atoms with van der Waals surface area (Å²) >= 11 is 0. The molecule has 0 bridgehead atoms. The number of aromatic nitrogens is 4. The van der Waals surface area contributed by atoms with E-state index in [1.807, 2.05) is 47.3 Å². The van der Waals surface area contributed by atoms with Gasteiger partial charge in [-0.05, 0) is 0 Å². The first-order valence-corrected chi connectivity index (χ1v) is 3.97. The maximum atomic E-state index is 3.59. The second-order valence-corrected chi connectivity index (χ2v) is 2.52. The normalized spacial score (nSPS) is 7.53. The van der Waals surface area contributed by atoms with Gasteiger partial charge in [-0.25, -0.2) is 9.13 Å². The summed E-state index contributed by atoms with van der Waals surface area (Å²) in [5.41, 5.74) is 0. The van der Waals surface area contributed by atoms with Crippen LogP contribution in [-0.2, 0) is 7.05 Å².